The van der Waals surface area contributed by atoms with E-state index in [9.17, 15) is 0 Å². The lowest BCUT2D eigenvalue weighted by Crippen LogP contribution is -2.29. The van der Waals surface area contributed by atoms with E-state index in [2.05, 4.69) is 33.0 Å². The van der Waals surface area contributed by atoms with Gasteiger partial charge in [0.15, 0.2) is 0 Å². The van der Waals surface area contributed by atoms with Crippen LogP contribution < -0.4 is 11.3 Å². The zero-order valence-corrected chi connectivity index (χ0v) is 12.5. The van der Waals surface area contributed by atoms with Crippen LogP contribution in [0.1, 0.15) is 17.3 Å². The SMILES string of the molecule is NNC(Cc1ccccn1)c1ccc(I)c(Cl)c1. The molecule has 94 valence electrons. The van der Waals surface area contributed by atoms with Crippen LogP contribution in [0.3, 0.4) is 0 Å². The zero-order valence-electron chi connectivity index (χ0n) is 9.61. The van der Waals surface area contributed by atoms with Crippen molar-refractivity contribution in [1.82, 2.24) is 10.4 Å². The Labute approximate surface area is 125 Å². The Hall–Kier alpha value is -0.690. The van der Waals surface area contributed by atoms with Crippen molar-refractivity contribution in [2.24, 2.45) is 5.84 Å². The average molecular weight is 374 g/mol. The van der Waals surface area contributed by atoms with Crippen LogP contribution in [0.4, 0.5) is 0 Å². The van der Waals surface area contributed by atoms with Crippen LogP contribution in [-0.2, 0) is 6.42 Å². The summed E-state index contributed by atoms with van der Waals surface area (Å²) in [6.07, 6.45) is 2.51. The molecule has 0 aliphatic rings. The summed E-state index contributed by atoms with van der Waals surface area (Å²) >= 11 is 8.33. The molecule has 1 aromatic carbocycles. The molecule has 1 unspecified atom stereocenters. The average Bonchev–Trinajstić information content (AvgIpc) is 2.40. The van der Waals surface area contributed by atoms with Crippen LogP contribution in [0.2, 0.25) is 5.02 Å². The van der Waals surface area contributed by atoms with Crippen LogP contribution in [0, 0.1) is 3.57 Å². The lowest BCUT2D eigenvalue weighted by molar-refractivity contribution is 0.546. The predicted octanol–water partition coefficient (Wildman–Crippen LogP) is 3.09. The Bertz CT molecular complexity index is 519. The number of hydrazine groups is 1. The predicted molar refractivity (Wildman–Crippen MR) is 82.2 cm³/mol. The quantitative estimate of drug-likeness (QED) is 0.492. The molecule has 3 N–H and O–H groups in total. The van der Waals surface area contributed by atoms with Gasteiger partial charge in [0.2, 0.25) is 0 Å². The largest absolute Gasteiger partial charge is 0.271 e. The molecule has 2 rings (SSSR count). The highest BCUT2D eigenvalue weighted by molar-refractivity contribution is 14.1. The maximum Gasteiger partial charge on any atom is 0.0542 e. The smallest absolute Gasteiger partial charge is 0.0542 e. The highest BCUT2D eigenvalue weighted by atomic mass is 127. The number of hydrogen-bond acceptors (Lipinski definition) is 3. The summed E-state index contributed by atoms with van der Waals surface area (Å²) in [5.41, 5.74) is 4.87. The Morgan fingerprint density at radius 3 is 2.78 bits per heavy atom. The van der Waals surface area contributed by atoms with Crippen molar-refractivity contribution in [2.45, 2.75) is 12.5 Å². The van der Waals surface area contributed by atoms with Crippen LogP contribution in [-0.4, -0.2) is 4.98 Å². The van der Waals surface area contributed by atoms with Crippen molar-refractivity contribution in [1.29, 1.82) is 0 Å². The zero-order chi connectivity index (χ0) is 13.0. The third kappa shape index (κ3) is 3.41. The van der Waals surface area contributed by atoms with Gasteiger partial charge in [-0.05, 0) is 52.4 Å². The van der Waals surface area contributed by atoms with E-state index in [4.69, 9.17) is 17.4 Å². The highest BCUT2D eigenvalue weighted by Gasteiger charge is 2.12. The molecule has 0 spiro atoms. The van der Waals surface area contributed by atoms with Crippen molar-refractivity contribution in [3.63, 3.8) is 0 Å². The fourth-order valence-corrected chi connectivity index (χ4v) is 2.25. The number of benzene rings is 1. The van der Waals surface area contributed by atoms with Crippen molar-refractivity contribution in [3.8, 4) is 0 Å². The van der Waals surface area contributed by atoms with Crippen molar-refractivity contribution >= 4 is 34.2 Å². The number of hydrogen-bond donors (Lipinski definition) is 2. The van der Waals surface area contributed by atoms with Crippen LogP contribution >= 0.6 is 34.2 Å². The molecule has 3 nitrogen and oxygen atoms in total. The van der Waals surface area contributed by atoms with Crippen LogP contribution in [0.5, 0.6) is 0 Å². The van der Waals surface area contributed by atoms with E-state index in [1.807, 2.05) is 36.4 Å². The Balaban J connectivity index is 2.20. The molecule has 1 aromatic heterocycles. The highest BCUT2D eigenvalue weighted by Crippen LogP contribution is 2.24. The van der Waals surface area contributed by atoms with Gasteiger partial charge >= 0.3 is 0 Å². The minimum atomic E-state index is 0.00870. The molecule has 0 fully saturated rings. The van der Waals surface area contributed by atoms with Crippen LogP contribution in [0.15, 0.2) is 42.6 Å². The molecular weight excluding hydrogens is 361 g/mol. The number of rotatable bonds is 4. The van der Waals surface area contributed by atoms with E-state index in [-0.39, 0.29) is 6.04 Å². The molecule has 0 bridgehead atoms. The lowest BCUT2D eigenvalue weighted by Gasteiger charge is -2.16. The third-order valence-corrected chi connectivity index (χ3v) is 4.26. The first-order valence-corrected chi connectivity index (χ1v) is 6.97. The number of nitrogens with one attached hydrogen (secondary N) is 1. The van der Waals surface area contributed by atoms with E-state index in [1.165, 1.54) is 0 Å². The molecule has 0 aliphatic carbocycles. The number of pyridine rings is 1. The molecule has 18 heavy (non-hydrogen) atoms. The molecular formula is C13H13ClIN3. The maximum atomic E-state index is 6.13. The van der Waals surface area contributed by atoms with Gasteiger partial charge in [-0.15, -0.1) is 0 Å². The maximum absolute atomic E-state index is 6.13. The first kappa shape index (κ1) is 13.7. The minimum Gasteiger partial charge on any atom is -0.271 e. The Morgan fingerprint density at radius 2 is 2.17 bits per heavy atom. The second kappa shape index (κ2) is 6.47. The lowest BCUT2D eigenvalue weighted by atomic mass is 10.0. The van der Waals surface area contributed by atoms with Gasteiger partial charge in [0.05, 0.1) is 11.1 Å². The molecule has 0 aliphatic heterocycles. The van der Waals surface area contributed by atoms with Gasteiger partial charge in [-0.3, -0.25) is 16.3 Å². The van der Waals surface area contributed by atoms with Gasteiger partial charge in [-0.1, -0.05) is 23.7 Å². The number of nitrogens with zero attached hydrogens (tertiary/aromatic N) is 1. The standard InChI is InChI=1S/C13H13ClIN3/c14-11-7-9(4-5-12(11)15)13(18-16)8-10-3-1-2-6-17-10/h1-7,13,18H,8,16H2. The van der Waals surface area contributed by atoms with E-state index in [0.29, 0.717) is 0 Å². The molecule has 1 heterocycles. The van der Waals surface area contributed by atoms with Gasteiger partial charge in [-0.25, -0.2) is 0 Å². The molecule has 0 amide bonds. The fourth-order valence-electron chi connectivity index (χ4n) is 1.73. The molecule has 2 aromatic rings. The molecule has 1 atom stereocenters. The summed E-state index contributed by atoms with van der Waals surface area (Å²) < 4.78 is 1.03. The second-order valence-corrected chi connectivity index (χ2v) is 5.49. The summed E-state index contributed by atoms with van der Waals surface area (Å²) in [5.74, 6) is 5.62. The van der Waals surface area contributed by atoms with Crippen molar-refractivity contribution in [3.05, 3.63) is 62.4 Å². The normalized spacial score (nSPS) is 12.4. The van der Waals surface area contributed by atoms with Gasteiger partial charge in [-0.2, -0.15) is 0 Å². The van der Waals surface area contributed by atoms with E-state index < -0.39 is 0 Å². The summed E-state index contributed by atoms with van der Waals surface area (Å²) in [6.45, 7) is 0. The Kier molecular flexibility index (Phi) is 4.94. The molecule has 0 saturated carbocycles. The minimum absolute atomic E-state index is 0.00870. The van der Waals surface area contributed by atoms with Crippen molar-refractivity contribution in [2.75, 3.05) is 0 Å². The molecule has 0 saturated heterocycles. The summed E-state index contributed by atoms with van der Waals surface area (Å²) in [5, 5.41) is 0.745. The van der Waals surface area contributed by atoms with Crippen molar-refractivity contribution < 1.29 is 0 Å². The fraction of sp³-hybridized carbons (Fsp3) is 0.154. The van der Waals surface area contributed by atoms with E-state index in [1.54, 1.807) is 6.20 Å². The first-order valence-electron chi connectivity index (χ1n) is 5.51. The summed E-state index contributed by atoms with van der Waals surface area (Å²) in [4.78, 5) is 4.30. The summed E-state index contributed by atoms with van der Waals surface area (Å²) in [7, 11) is 0. The number of nitrogens with two attached hydrogens (primary N) is 1. The van der Waals surface area contributed by atoms with E-state index in [0.717, 1.165) is 26.3 Å². The topological polar surface area (TPSA) is 50.9 Å². The second-order valence-electron chi connectivity index (χ2n) is 3.92. The number of halogens is 2. The molecule has 5 heteroatoms. The monoisotopic (exact) mass is 373 g/mol. The van der Waals surface area contributed by atoms with Gasteiger partial charge in [0.1, 0.15) is 0 Å². The van der Waals surface area contributed by atoms with Gasteiger partial charge in [0.25, 0.3) is 0 Å². The van der Waals surface area contributed by atoms with E-state index >= 15 is 0 Å². The summed E-state index contributed by atoms with van der Waals surface area (Å²) in [6, 6.07) is 11.8. The molecule has 0 radical (unpaired) electrons. The number of aromatic nitrogens is 1. The van der Waals surface area contributed by atoms with Gasteiger partial charge < -0.3 is 0 Å². The first-order chi connectivity index (χ1) is 8.70. The van der Waals surface area contributed by atoms with Gasteiger partial charge in [0, 0.05) is 21.9 Å². The third-order valence-electron chi connectivity index (χ3n) is 2.69. The Morgan fingerprint density at radius 1 is 1.33 bits per heavy atom. The van der Waals surface area contributed by atoms with Crippen LogP contribution in [0.25, 0.3) is 0 Å².